The molecule has 0 bridgehead atoms. The smallest absolute Gasteiger partial charge is 0.335 e. The van der Waals surface area contributed by atoms with Crippen molar-refractivity contribution in [3.05, 3.63) is 76.9 Å². The zero-order valence-electron chi connectivity index (χ0n) is 11.9. The summed E-state index contributed by atoms with van der Waals surface area (Å²) in [6.07, 6.45) is 1.93. The minimum Gasteiger partial charge on any atom is -0.466 e. The Hall–Kier alpha value is -2.39. The van der Waals surface area contributed by atoms with Crippen molar-refractivity contribution in [3.63, 3.8) is 0 Å². The monoisotopic (exact) mass is 279 g/mol. The molecule has 3 rings (SSSR count). The normalized spacial score (nSPS) is 17.4. The predicted molar refractivity (Wildman–Crippen MR) is 82.5 cm³/mol. The summed E-state index contributed by atoms with van der Waals surface area (Å²) in [4.78, 5) is 12.2. The Morgan fingerprint density at radius 1 is 1.10 bits per heavy atom. The topological polar surface area (TPSA) is 38.3 Å². The van der Waals surface area contributed by atoms with Gasteiger partial charge in [0.15, 0.2) is 0 Å². The lowest BCUT2D eigenvalue weighted by atomic mass is 9.97. The van der Waals surface area contributed by atoms with Crippen LogP contribution in [0, 0.1) is 0 Å². The van der Waals surface area contributed by atoms with E-state index in [0.717, 1.165) is 11.1 Å². The number of ether oxygens (including phenoxy) is 1. The van der Waals surface area contributed by atoms with E-state index in [1.807, 2.05) is 54.6 Å². The van der Waals surface area contributed by atoms with Gasteiger partial charge in [-0.15, -0.1) is 0 Å². The molecule has 3 heteroatoms. The van der Waals surface area contributed by atoms with Crippen LogP contribution in [-0.4, -0.2) is 13.1 Å². The summed E-state index contributed by atoms with van der Waals surface area (Å²) in [5.41, 5.74) is 3.93. The van der Waals surface area contributed by atoms with E-state index in [1.165, 1.54) is 12.7 Å². The largest absolute Gasteiger partial charge is 0.466 e. The Labute approximate surface area is 124 Å². The van der Waals surface area contributed by atoms with Crippen molar-refractivity contribution < 1.29 is 9.53 Å². The molecule has 2 aromatic rings. The summed E-state index contributed by atoms with van der Waals surface area (Å²) in [7, 11) is 1.42. The summed E-state index contributed by atoms with van der Waals surface area (Å²) < 4.78 is 4.96. The number of methoxy groups -OCH3 is 1. The highest BCUT2D eigenvalue weighted by atomic mass is 16.5. The minimum atomic E-state index is -0.298. The van der Waals surface area contributed by atoms with Gasteiger partial charge < -0.3 is 10.1 Å². The first-order chi connectivity index (χ1) is 10.3. The molecule has 0 amide bonds. The maximum Gasteiger partial charge on any atom is 0.335 e. The lowest BCUT2D eigenvalue weighted by Crippen LogP contribution is -2.25. The number of rotatable bonds is 2. The van der Waals surface area contributed by atoms with E-state index in [4.69, 9.17) is 4.74 Å². The van der Waals surface area contributed by atoms with Crippen molar-refractivity contribution in [1.29, 1.82) is 0 Å². The van der Waals surface area contributed by atoms with Crippen molar-refractivity contribution in [3.8, 4) is 0 Å². The van der Waals surface area contributed by atoms with Crippen LogP contribution in [-0.2, 0) is 16.1 Å². The van der Waals surface area contributed by atoms with E-state index in [-0.39, 0.29) is 12.0 Å². The molecule has 1 aliphatic rings. The highest BCUT2D eigenvalue weighted by Crippen LogP contribution is 2.29. The standard InChI is InChI=1S/C18H17NO2/c1-21-18(20)16-11-14-9-5-6-10-15(14)12-19-17(16)13-7-3-2-4-8-13/h2-11,17,19H,12H2,1H3. The Morgan fingerprint density at radius 2 is 1.81 bits per heavy atom. The second-order valence-corrected chi connectivity index (χ2v) is 5.01. The van der Waals surface area contributed by atoms with Crippen LogP contribution in [0.2, 0.25) is 0 Å². The summed E-state index contributed by atoms with van der Waals surface area (Å²) in [6.45, 7) is 0.715. The second kappa shape index (κ2) is 5.94. The third-order valence-electron chi connectivity index (χ3n) is 3.73. The fraction of sp³-hybridized carbons (Fsp3) is 0.167. The van der Waals surface area contributed by atoms with Crippen LogP contribution >= 0.6 is 0 Å². The summed E-state index contributed by atoms with van der Waals surface area (Å²) in [5.74, 6) is -0.298. The SMILES string of the molecule is COC(=O)C1=Cc2ccccc2CNC1c1ccccc1. The molecule has 0 saturated heterocycles. The van der Waals surface area contributed by atoms with Crippen molar-refractivity contribution in [2.75, 3.05) is 7.11 Å². The van der Waals surface area contributed by atoms with Gasteiger partial charge in [-0.1, -0.05) is 54.6 Å². The molecule has 21 heavy (non-hydrogen) atoms. The van der Waals surface area contributed by atoms with Gasteiger partial charge in [-0.25, -0.2) is 4.79 Å². The first-order valence-corrected chi connectivity index (χ1v) is 6.96. The van der Waals surface area contributed by atoms with Gasteiger partial charge in [-0.2, -0.15) is 0 Å². The van der Waals surface area contributed by atoms with Gasteiger partial charge in [0.05, 0.1) is 18.7 Å². The Morgan fingerprint density at radius 3 is 2.57 bits per heavy atom. The van der Waals surface area contributed by atoms with Crippen molar-refractivity contribution >= 4 is 12.0 Å². The molecule has 0 aliphatic carbocycles. The van der Waals surface area contributed by atoms with Gasteiger partial charge in [0.2, 0.25) is 0 Å². The molecule has 0 spiro atoms. The van der Waals surface area contributed by atoms with E-state index in [0.29, 0.717) is 12.1 Å². The molecular formula is C18H17NO2. The first-order valence-electron chi connectivity index (χ1n) is 6.96. The lowest BCUT2D eigenvalue weighted by Gasteiger charge is -2.19. The van der Waals surface area contributed by atoms with E-state index < -0.39 is 0 Å². The van der Waals surface area contributed by atoms with Gasteiger partial charge in [0.25, 0.3) is 0 Å². The summed E-state index contributed by atoms with van der Waals surface area (Å²) in [5, 5.41) is 3.45. The molecule has 2 aromatic carbocycles. The minimum absolute atomic E-state index is 0.161. The molecule has 0 radical (unpaired) electrons. The predicted octanol–water partition coefficient (Wildman–Crippen LogP) is 3.09. The Balaban J connectivity index is 2.08. The molecule has 1 unspecified atom stereocenters. The zero-order valence-corrected chi connectivity index (χ0v) is 11.9. The van der Waals surface area contributed by atoms with Crippen LogP contribution in [0.25, 0.3) is 6.08 Å². The van der Waals surface area contributed by atoms with Gasteiger partial charge in [0.1, 0.15) is 0 Å². The average Bonchev–Trinajstić information content (AvgIpc) is 2.74. The number of hydrogen-bond acceptors (Lipinski definition) is 3. The van der Waals surface area contributed by atoms with Crippen molar-refractivity contribution in [2.45, 2.75) is 12.6 Å². The van der Waals surface area contributed by atoms with Crippen LogP contribution in [0.15, 0.2) is 60.2 Å². The van der Waals surface area contributed by atoms with Crippen LogP contribution in [0.5, 0.6) is 0 Å². The number of nitrogens with one attached hydrogen (secondary N) is 1. The number of benzene rings is 2. The molecule has 1 aliphatic heterocycles. The Kier molecular flexibility index (Phi) is 3.84. The van der Waals surface area contributed by atoms with E-state index >= 15 is 0 Å². The quantitative estimate of drug-likeness (QED) is 0.859. The highest BCUT2D eigenvalue weighted by molar-refractivity contribution is 5.95. The second-order valence-electron chi connectivity index (χ2n) is 5.01. The maximum absolute atomic E-state index is 12.2. The van der Waals surface area contributed by atoms with Crippen LogP contribution < -0.4 is 5.32 Å². The van der Waals surface area contributed by atoms with Crippen LogP contribution in [0.3, 0.4) is 0 Å². The van der Waals surface area contributed by atoms with E-state index in [9.17, 15) is 4.79 Å². The lowest BCUT2D eigenvalue weighted by molar-refractivity contribution is -0.136. The zero-order chi connectivity index (χ0) is 14.7. The van der Waals surface area contributed by atoms with E-state index in [1.54, 1.807) is 0 Å². The number of fused-ring (bicyclic) bond motifs is 1. The van der Waals surface area contributed by atoms with Crippen molar-refractivity contribution in [2.24, 2.45) is 0 Å². The number of hydrogen-bond donors (Lipinski definition) is 1. The third kappa shape index (κ3) is 2.73. The third-order valence-corrected chi connectivity index (χ3v) is 3.73. The first kappa shape index (κ1) is 13.6. The number of carbonyl (C=O) groups excluding carboxylic acids is 1. The van der Waals surface area contributed by atoms with E-state index in [2.05, 4.69) is 11.4 Å². The fourth-order valence-electron chi connectivity index (χ4n) is 2.65. The molecule has 106 valence electrons. The average molecular weight is 279 g/mol. The molecule has 3 nitrogen and oxygen atoms in total. The maximum atomic E-state index is 12.2. The Bertz CT molecular complexity index is 677. The highest BCUT2D eigenvalue weighted by Gasteiger charge is 2.25. The fourth-order valence-corrected chi connectivity index (χ4v) is 2.65. The van der Waals surface area contributed by atoms with Gasteiger partial charge in [-0.3, -0.25) is 0 Å². The molecular weight excluding hydrogens is 262 g/mol. The molecule has 0 aromatic heterocycles. The van der Waals surface area contributed by atoms with Gasteiger partial charge in [0, 0.05) is 6.54 Å². The van der Waals surface area contributed by atoms with Gasteiger partial charge in [-0.05, 0) is 22.8 Å². The van der Waals surface area contributed by atoms with Gasteiger partial charge >= 0.3 is 5.97 Å². The van der Waals surface area contributed by atoms with Crippen LogP contribution in [0.4, 0.5) is 0 Å². The molecule has 0 fully saturated rings. The van der Waals surface area contributed by atoms with Crippen LogP contribution in [0.1, 0.15) is 22.7 Å². The number of esters is 1. The summed E-state index contributed by atoms with van der Waals surface area (Å²) >= 11 is 0. The molecule has 0 saturated carbocycles. The number of carbonyl (C=O) groups is 1. The molecule has 1 N–H and O–H groups in total. The molecule has 1 atom stereocenters. The van der Waals surface area contributed by atoms with Crippen molar-refractivity contribution in [1.82, 2.24) is 5.32 Å². The molecule has 1 heterocycles. The summed E-state index contributed by atoms with van der Waals surface area (Å²) in [6, 6.07) is 17.9.